The Labute approximate surface area is 86.1 Å². The first kappa shape index (κ1) is 11.0. The first-order valence-electron chi connectivity index (χ1n) is 5.22. The lowest BCUT2D eigenvalue weighted by atomic mass is 9.83. The second-order valence-electron chi connectivity index (χ2n) is 3.82. The Bertz CT molecular complexity index is 289. The predicted octanol–water partition coefficient (Wildman–Crippen LogP) is 3.41. The molecule has 0 spiro atoms. The summed E-state index contributed by atoms with van der Waals surface area (Å²) in [5.41, 5.74) is 1.26. The van der Waals surface area contributed by atoms with Crippen molar-refractivity contribution in [1.29, 1.82) is 0 Å². The average Bonchev–Trinajstić information content (AvgIpc) is 2.19. The molecule has 0 radical (unpaired) electrons. The molecule has 0 aliphatic rings. The smallest absolute Gasteiger partial charge is 0.133 e. The Morgan fingerprint density at radius 3 is 2.29 bits per heavy atom. The second kappa shape index (κ2) is 4.94. The minimum Gasteiger partial charge on any atom is -0.300 e. The van der Waals surface area contributed by atoms with Gasteiger partial charge in [-0.3, -0.25) is 4.79 Å². The Morgan fingerprint density at radius 2 is 1.86 bits per heavy atom. The van der Waals surface area contributed by atoms with Crippen molar-refractivity contribution in [2.24, 2.45) is 5.92 Å². The van der Waals surface area contributed by atoms with E-state index in [1.807, 2.05) is 18.2 Å². The molecule has 1 heteroatoms. The Balaban J connectivity index is 2.83. The molecule has 0 bridgehead atoms. The molecule has 0 fully saturated rings. The van der Waals surface area contributed by atoms with Gasteiger partial charge in [-0.25, -0.2) is 0 Å². The van der Waals surface area contributed by atoms with Crippen LogP contribution in [0.15, 0.2) is 30.3 Å². The van der Waals surface area contributed by atoms with E-state index in [4.69, 9.17) is 0 Å². The number of carbonyl (C=O) groups excluding carboxylic acids is 1. The van der Waals surface area contributed by atoms with E-state index in [0.717, 1.165) is 6.42 Å². The maximum atomic E-state index is 11.4. The normalized spacial score (nSPS) is 14.8. The van der Waals surface area contributed by atoms with E-state index in [0.29, 0.717) is 11.7 Å². The summed E-state index contributed by atoms with van der Waals surface area (Å²) in [5.74, 6) is 0.792. The molecule has 1 rings (SSSR count). The summed E-state index contributed by atoms with van der Waals surface area (Å²) in [6.07, 6.45) is 0.922. The zero-order chi connectivity index (χ0) is 10.6. The molecule has 1 aromatic carbocycles. The van der Waals surface area contributed by atoms with Crippen LogP contribution in [0.25, 0.3) is 0 Å². The van der Waals surface area contributed by atoms with E-state index in [-0.39, 0.29) is 5.92 Å². The third-order valence-electron chi connectivity index (χ3n) is 2.89. The number of Topliss-reactive ketones (excluding diaryl/α,β-unsaturated/α-hetero) is 1. The van der Waals surface area contributed by atoms with E-state index in [1.54, 1.807) is 6.92 Å². The maximum absolute atomic E-state index is 11.4. The molecule has 0 amide bonds. The van der Waals surface area contributed by atoms with Gasteiger partial charge in [0.25, 0.3) is 0 Å². The molecule has 76 valence electrons. The summed E-state index contributed by atoms with van der Waals surface area (Å²) in [5, 5.41) is 0. The quantitative estimate of drug-likeness (QED) is 0.711. The maximum Gasteiger partial charge on any atom is 0.133 e. The highest BCUT2D eigenvalue weighted by Crippen LogP contribution is 2.26. The van der Waals surface area contributed by atoms with Crippen LogP contribution >= 0.6 is 0 Å². The van der Waals surface area contributed by atoms with Gasteiger partial charge in [-0.2, -0.15) is 0 Å². The summed E-state index contributed by atoms with van der Waals surface area (Å²) in [7, 11) is 0. The molecule has 14 heavy (non-hydrogen) atoms. The van der Waals surface area contributed by atoms with Crippen molar-refractivity contribution in [2.45, 2.75) is 33.1 Å². The minimum atomic E-state index is 0.164. The van der Waals surface area contributed by atoms with Crippen LogP contribution in [0.5, 0.6) is 0 Å². The lowest BCUT2D eigenvalue weighted by Gasteiger charge is -2.20. The first-order valence-corrected chi connectivity index (χ1v) is 5.22. The fourth-order valence-electron chi connectivity index (χ4n) is 1.98. The van der Waals surface area contributed by atoms with Crippen LogP contribution in [-0.2, 0) is 4.79 Å². The summed E-state index contributed by atoms with van der Waals surface area (Å²) >= 11 is 0. The highest BCUT2D eigenvalue weighted by Gasteiger charge is 2.20. The van der Waals surface area contributed by atoms with E-state index in [1.165, 1.54) is 5.56 Å². The lowest BCUT2D eigenvalue weighted by molar-refractivity contribution is -0.121. The Kier molecular flexibility index (Phi) is 3.87. The molecule has 0 saturated carbocycles. The van der Waals surface area contributed by atoms with E-state index >= 15 is 0 Å². The van der Waals surface area contributed by atoms with Gasteiger partial charge in [-0.1, -0.05) is 44.2 Å². The fraction of sp³-hybridized carbons (Fsp3) is 0.462. The molecule has 0 aromatic heterocycles. The van der Waals surface area contributed by atoms with Crippen molar-refractivity contribution in [3.05, 3.63) is 35.9 Å². The van der Waals surface area contributed by atoms with Crippen molar-refractivity contribution < 1.29 is 4.79 Å². The second-order valence-corrected chi connectivity index (χ2v) is 3.82. The van der Waals surface area contributed by atoms with Gasteiger partial charge >= 0.3 is 0 Å². The third-order valence-corrected chi connectivity index (χ3v) is 2.89. The number of benzene rings is 1. The van der Waals surface area contributed by atoms with Gasteiger partial charge in [-0.15, -0.1) is 0 Å². The fourth-order valence-corrected chi connectivity index (χ4v) is 1.98. The van der Waals surface area contributed by atoms with Crippen molar-refractivity contribution >= 4 is 5.78 Å². The summed E-state index contributed by atoms with van der Waals surface area (Å²) in [4.78, 5) is 11.4. The largest absolute Gasteiger partial charge is 0.300 e. The van der Waals surface area contributed by atoms with Gasteiger partial charge in [0.1, 0.15) is 5.78 Å². The Morgan fingerprint density at radius 1 is 1.29 bits per heavy atom. The molecule has 0 heterocycles. The van der Waals surface area contributed by atoms with E-state index in [2.05, 4.69) is 26.0 Å². The topological polar surface area (TPSA) is 17.1 Å². The van der Waals surface area contributed by atoms with Crippen molar-refractivity contribution in [3.8, 4) is 0 Å². The van der Waals surface area contributed by atoms with Crippen LogP contribution in [0, 0.1) is 5.92 Å². The molecule has 1 nitrogen and oxygen atoms in total. The SMILES string of the molecule is CC[C@@H](C(C)=O)[C@@H](C)c1ccccc1. The number of hydrogen-bond donors (Lipinski definition) is 0. The molecule has 0 unspecified atom stereocenters. The van der Waals surface area contributed by atoms with Crippen LogP contribution in [0.3, 0.4) is 0 Å². The summed E-state index contributed by atoms with van der Waals surface area (Å²) in [6, 6.07) is 10.2. The molecular formula is C13H18O. The molecule has 0 aliphatic heterocycles. The molecule has 0 aliphatic carbocycles. The highest BCUT2D eigenvalue weighted by atomic mass is 16.1. The van der Waals surface area contributed by atoms with Crippen LogP contribution in [0.4, 0.5) is 0 Å². The summed E-state index contributed by atoms with van der Waals surface area (Å²) in [6.45, 7) is 5.89. The molecule has 2 atom stereocenters. The van der Waals surface area contributed by atoms with Gasteiger partial charge in [0, 0.05) is 5.92 Å². The number of hydrogen-bond acceptors (Lipinski definition) is 1. The van der Waals surface area contributed by atoms with E-state index in [9.17, 15) is 4.79 Å². The lowest BCUT2D eigenvalue weighted by Crippen LogP contribution is -2.17. The van der Waals surface area contributed by atoms with Gasteiger partial charge < -0.3 is 0 Å². The zero-order valence-corrected chi connectivity index (χ0v) is 9.16. The van der Waals surface area contributed by atoms with Gasteiger partial charge in [0.2, 0.25) is 0 Å². The number of rotatable bonds is 4. The monoisotopic (exact) mass is 190 g/mol. The van der Waals surface area contributed by atoms with Crippen molar-refractivity contribution in [3.63, 3.8) is 0 Å². The molecule has 0 N–H and O–H groups in total. The van der Waals surface area contributed by atoms with Gasteiger partial charge in [0.05, 0.1) is 0 Å². The molecule has 1 aromatic rings. The van der Waals surface area contributed by atoms with Crippen molar-refractivity contribution in [1.82, 2.24) is 0 Å². The third kappa shape index (κ3) is 2.44. The van der Waals surface area contributed by atoms with E-state index < -0.39 is 0 Å². The standard InChI is InChI=1S/C13H18O/c1-4-13(11(3)14)10(2)12-8-6-5-7-9-12/h5-10,13H,4H2,1-3H3/t10-,13+/m0/s1. The van der Waals surface area contributed by atoms with Gasteiger partial charge in [-0.05, 0) is 24.8 Å². The highest BCUT2D eigenvalue weighted by molar-refractivity contribution is 5.79. The van der Waals surface area contributed by atoms with Gasteiger partial charge in [0.15, 0.2) is 0 Å². The molecular weight excluding hydrogens is 172 g/mol. The van der Waals surface area contributed by atoms with Crippen molar-refractivity contribution in [2.75, 3.05) is 0 Å². The summed E-state index contributed by atoms with van der Waals surface area (Å²) < 4.78 is 0. The molecule has 0 saturated heterocycles. The average molecular weight is 190 g/mol. The van der Waals surface area contributed by atoms with Crippen LogP contribution in [0.1, 0.15) is 38.7 Å². The van der Waals surface area contributed by atoms with Crippen LogP contribution < -0.4 is 0 Å². The predicted molar refractivity (Wildman–Crippen MR) is 59.3 cm³/mol. The van der Waals surface area contributed by atoms with Crippen LogP contribution in [0.2, 0.25) is 0 Å². The number of ketones is 1. The zero-order valence-electron chi connectivity index (χ0n) is 9.16. The Hall–Kier alpha value is -1.11. The minimum absolute atomic E-state index is 0.164. The van der Waals surface area contributed by atoms with Crippen LogP contribution in [-0.4, -0.2) is 5.78 Å². The number of carbonyl (C=O) groups is 1. The first-order chi connectivity index (χ1) is 6.66.